The monoisotopic (exact) mass is 272 g/mol. The highest BCUT2D eigenvalue weighted by Gasteiger charge is 2.15. The molecule has 0 aromatic heterocycles. The van der Waals surface area contributed by atoms with Crippen molar-refractivity contribution in [2.45, 2.75) is 26.4 Å². The van der Waals surface area contributed by atoms with E-state index in [0.717, 1.165) is 17.2 Å². The summed E-state index contributed by atoms with van der Waals surface area (Å²) in [5, 5.41) is 4.68. The minimum Gasteiger partial charge on any atom is -0.480 e. The van der Waals surface area contributed by atoms with Crippen LogP contribution in [0.25, 0.3) is 10.8 Å². The maximum Gasteiger partial charge on any atom is 0.260 e. The Labute approximate surface area is 118 Å². The Balaban J connectivity index is 2.22. The number of rotatable bonds is 5. The zero-order chi connectivity index (χ0) is 14.5. The Hall–Kier alpha value is -2.23. The van der Waals surface area contributed by atoms with E-state index in [4.69, 9.17) is 10.5 Å². The molecule has 2 rings (SSSR count). The van der Waals surface area contributed by atoms with E-state index in [0.29, 0.717) is 18.0 Å². The van der Waals surface area contributed by atoms with Crippen molar-refractivity contribution in [1.29, 1.82) is 0 Å². The predicted octanol–water partition coefficient (Wildman–Crippen LogP) is 2.72. The van der Waals surface area contributed by atoms with Gasteiger partial charge in [0.25, 0.3) is 5.91 Å². The SMILES string of the molecule is CCCNC(=O)C(C)Oc1ccc(N)c2ccccc12. The van der Waals surface area contributed by atoms with Gasteiger partial charge in [-0.1, -0.05) is 31.2 Å². The van der Waals surface area contributed by atoms with Crippen LogP contribution in [-0.4, -0.2) is 18.6 Å². The van der Waals surface area contributed by atoms with Gasteiger partial charge in [-0.15, -0.1) is 0 Å². The largest absolute Gasteiger partial charge is 0.480 e. The Morgan fingerprint density at radius 3 is 2.65 bits per heavy atom. The highest BCUT2D eigenvalue weighted by molar-refractivity contribution is 5.97. The average Bonchev–Trinajstić information content (AvgIpc) is 2.47. The van der Waals surface area contributed by atoms with Gasteiger partial charge in [-0.2, -0.15) is 0 Å². The van der Waals surface area contributed by atoms with Gasteiger partial charge in [0.2, 0.25) is 0 Å². The van der Waals surface area contributed by atoms with E-state index in [1.165, 1.54) is 0 Å². The third kappa shape index (κ3) is 3.02. The molecule has 1 atom stereocenters. The number of hydrogen-bond donors (Lipinski definition) is 2. The topological polar surface area (TPSA) is 64.3 Å². The first-order chi connectivity index (χ1) is 9.63. The molecule has 1 unspecified atom stereocenters. The van der Waals surface area contributed by atoms with Gasteiger partial charge in [-0.25, -0.2) is 0 Å². The quantitative estimate of drug-likeness (QED) is 0.823. The van der Waals surface area contributed by atoms with E-state index in [1.807, 2.05) is 31.2 Å². The van der Waals surface area contributed by atoms with Crippen LogP contribution in [0.3, 0.4) is 0 Å². The number of carbonyl (C=O) groups is 1. The van der Waals surface area contributed by atoms with Crippen molar-refractivity contribution in [1.82, 2.24) is 5.32 Å². The molecule has 0 heterocycles. The van der Waals surface area contributed by atoms with Crippen LogP contribution in [0.4, 0.5) is 5.69 Å². The smallest absolute Gasteiger partial charge is 0.260 e. The fourth-order valence-electron chi connectivity index (χ4n) is 2.03. The minimum atomic E-state index is -0.534. The van der Waals surface area contributed by atoms with E-state index in [1.54, 1.807) is 19.1 Å². The van der Waals surface area contributed by atoms with Gasteiger partial charge < -0.3 is 15.8 Å². The molecule has 0 bridgehead atoms. The van der Waals surface area contributed by atoms with Gasteiger partial charge in [0.15, 0.2) is 6.10 Å². The molecule has 106 valence electrons. The van der Waals surface area contributed by atoms with Gasteiger partial charge in [0.05, 0.1) is 0 Å². The number of ether oxygens (including phenoxy) is 1. The summed E-state index contributed by atoms with van der Waals surface area (Å²) in [5.41, 5.74) is 6.65. The summed E-state index contributed by atoms with van der Waals surface area (Å²) in [6, 6.07) is 11.4. The van der Waals surface area contributed by atoms with Crippen LogP contribution >= 0.6 is 0 Å². The number of nitrogen functional groups attached to an aromatic ring is 1. The van der Waals surface area contributed by atoms with Crippen molar-refractivity contribution >= 4 is 22.4 Å². The summed E-state index contributed by atoms with van der Waals surface area (Å²) in [7, 11) is 0. The van der Waals surface area contributed by atoms with Crippen molar-refractivity contribution in [3.63, 3.8) is 0 Å². The van der Waals surface area contributed by atoms with E-state index in [9.17, 15) is 4.79 Å². The number of hydrogen-bond acceptors (Lipinski definition) is 3. The molecule has 2 aromatic rings. The van der Waals surface area contributed by atoms with Crippen molar-refractivity contribution in [2.24, 2.45) is 0 Å². The van der Waals surface area contributed by atoms with Crippen LogP contribution in [0.1, 0.15) is 20.3 Å². The Bertz CT molecular complexity index is 610. The summed E-state index contributed by atoms with van der Waals surface area (Å²) in [6.07, 6.45) is 0.372. The number of fused-ring (bicyclic) bond motifs is 1. The van der Waals surface area contributed by atoms with Crippen LogP contribution < -0.4 is 15.8 Å². The number of nitrogens with one attached hydrogen (secondary N) is 1. The lowest BCUT2D eigenvalue weighted by Crippen LogP contribution is -2.36. The first-order valence-corrected chi connectivity index (χ1v) is 6.85. The van der Waals surface area contributed by atoms with Crippen LogP contribution in [0.2, 0.25) is 0 Å². The number of benzene rings is 2. The second-order valence-corrected chi connectivity index (χ2v) is 4.75. The summed E-state index contributed by atoms with van der Waals surface area (Å²) in [6.45, 7) is 4.42. The lowest BCUT2D eigenvalue weighted by molar-refractivity contribution is -0.127. The minimum absolute atomic E-state index is 0.104. The molecule has 4 heteroatoms. The highest BCUT2D eigenvalue weighted by atomic mass is 16.5. The third-order valence-corrected chi connectivity index (χ3v) is 3.14. The summed E-state index contributed by atoms with van der Waals surface area (Å²) in [4.78, 5) is 11.8. The van der Waals surface area contributed by atoms with Crippen molar-refractivity contribution < 1.29 is 9.53 Å². The molecule has 0 fully saturated rings. The number of amides is 1. The van der Waals surface area contributed by atoms with Crippen LogP contribution in [0, 0.1) is 0 Å². The van der Waals surface area contributed by atoms with Crippen LogP contribution in [0.5, 0.6) is 5.75 Å². The molecule has 20 heavy (non-hydrogen) atoms. The normalized spacial score (nSPS) is 12.1. The van der Waals surface area contributed by atoms with Gasteiger partial charge in [-0.3, -0.25) is 4.79 Å². The molecular formula is C16H20N2O2. The lowest BCUT2D eigenvalue weighted by atomic mass is 10.1. The maximum atomic E-state index is 11.8. The third-order valence-electron chi connectivity index (χ3n) is 3.14. The Morgan fingerprint density at radius 2 is 1.95 bits per heavy atom. The van der Waals surface area contributed by atoms with E-state index in [2.05, 4.69) is 5.32 Å². The second kappa shape index (κ2) is 6.28. The summed E-state index contributed by atoms with van der Waals surface area (Å²) >= 11 is 0. The van der Waals surface area contributed by atoms with Crippen LogP contribution in [-0.2, 0) is 4.79 Å². The Kier molecular flexibility index (Phi) is 4.45. The molecule has 4 nitrogen and oxygen atoms in total. The van der Waals surface area contributed by atoms with Gasteiger partial charge in [-0.05, 0) is 25.5 Å². The molecule has 3 N–H and O–H groups in total. The number of carbonyl (C=O) groups excluding carboxylic acids is 1. The molecule has 1 amide bonds. The van der Waals surface area contributed by atoms with E-state index >= 15 is 0 Å². The van der Waals surface area contributed by atoms with Crippen molar-refractivity contribution in [2.75, 3.05) is 12.3 Å². The average molecular weight is 272 g/mol. The molecule has 0 aliphatic heterocycles. The zero-order valence-electron chi connectivity index (χ0n) is 11.8. The lowest BCUT2D eigenvalue weighted by Gasteiger charge is -2.16. The van der Waals surface area contributed by atoms with Gasteiger partial charge in [0, 0.05) is 23.0 Å². The number of anilines is 1. The maximum absolute atomic E-state index is 11.8. The fourth-order valence-corrected chi connectivity index (χ4v) is 2.03. The van der Waals surface area contributed by atoms with Crippen LogP contribution in [0.15, 0.2) is 36.4 Å². The summed E-state index contributed by atoms with van der Waals surface area (Å²) in [5.74, 6) is 0.571. The van der Waals surface area contributed by atoms with E-state index < -0.39 is 6.10 Å². The first kappa shape index (κ1) is 14.2. The van der Waals surface area contributed by atoms with Gasteiger partial charge >= 0.3 is 0 Å². The zero-order valence-corrected chi connectivity index (χ0v) is 11.8. The van der Waals surface area contributed by atoms with Gasteiger partial charge in [0.1, 0.15) is 5.75 Å². The molecule has 0 spiro atoms. The predicted molar refractivity (Wildman–Crippen MR) is 81.8 cm³/mol. The molecular weight excluding hydrogens is 252 g/mol. The highest BCUT2D eigenvalue weighted by Crippen LogP contribution is 2.30. The first-order valence-electron chi connectivity index (χ1n) is 6.85. The fraction of sp³-hybridized carbons (Fsp3) is 0.312. The molecule has 2 aromatic carbocycles. The second-order valence-electron chi connectivity index (χ2n) is 4.75. The molecule has 0 aliphatic carbocycles. The van der Waals surface area contributed by atoms with Crippen molar-refractivity contribution in [3.05, 3.63) is 36.4 Å². The Morgan fingerprint density at radius 1 is 1.25 bits per heavy atom. The standard InChI is InChI=1S/C16H20N2O2/c1-3-10-18-16(19)11(2)20-15-9-8-14(17)12-6-4-5-7-13(12)15/h4-9,11H,3,10,17H2,1-2H3,(H,18,19). The van der Waals surface area contributed by atoms with E-state index in [-0.39, 0.29) is 5.91 Å². The molecule has 0 aliphatic rings. The summed E-state index contributed by atoms with van der Waals surface area (Å²) < 4.78 is 5.77. The molecule has 0 saturated carbocycles. The molecule has 0 radical (unpaired) electrons. The molecule has 0 saturated heterocycles. The van der Waals surface area contributed by atoms with Crippen molar-refractivity contribution in [3.8, 4) is 5.75 Å². The number of nitrogens with two attached hydrogens (primary N) is 1.